The van der Waals surface area contributed by atoms with E-state index < -0.39 is 36.3 Å². The Morgan fingerprint density at radius 3 is 2.72 bits per heavy atom. The Balaban J connectivity index is 1.66. The van der Waals surface area contributed by atoms with Crippen LogP contribution in [0.2, 0.25) is 0 Å². The van der Waals surface area contributed by atoms with E-state index in [-0.39, 0.29) is 17.6 Å². The molecule has 1 saturated heterocycles. The Bertz CT molecular complexity index is 676. The number of alkyl halides is 3. The van der Waals surface area contributed by atoms with Crippen molar-refractivity contribution in [3.05, 3.63) is 29.8 Å². The van der Waals surface area contributed by atoms with Gasteiger partial charge in [-0.15, -0.1) is 0 Å². The first-order valence-electron chi connectivity index (χ1n) is 8.09. The van der Waals surface area contributed by atoms with Gasteiger partial charge in [-0.1, -0.05) is 12.5 Å². The minimum Gasteiger partial charge on any atom is -0.484 e. The summed E-state index contributed by atoms with van der Waals surface area (Å²) in [4.78, 5) is 25.2. The van der Waals surface area contributed by atoms with Gasteiger partial charge in [0.25, 0.3) is 5.91 Å². The lowest BCUT2D eigenvalue weighted by atomic mass is 9.94. The highest BCUT2D eigenvalue weighted by Gasteiger charge is 2.49. The fourth-order valence-corrected chi connectivity index (χ4v) is 3.87. The number of carboxylic acids is 1. The van der Waals surface area contributed by atoms with Crippen LogP contribution < -0.4 is 4.74 Å². The zero-order valence-electron chi connectivity index (χ0n) is 13.3. The number of rotatable bonds is 4. The maximum Gasteiger partial charge on any atom is 0.416 e. The van der Waals surface area contributed by atoms with Crippen molar-refractivity contribution in [1.29, 1.82) is 0 Å². The minimum atomic E-state index is -4.50. The summed E-state index contributed by atoms with van der Waals surface area (Å²) in [5.74, 6) is -1.50. The molecular weight excluding hydrogens is 339 g/mol. The highest BCUT2D eigenvalue weighted by Crippen LogP contribution is 2.42. The van der Waals surface area contributed by atoms with Gasteiger partial charge in [-0.05, 0) is 42.9 Å². The van der Waals surface area contributed by atoms with E-state index in [1.165, 1.54) is 17.0 Å². The number of likely N-dealkylation sites (tertiary alicyclic amines) is 1. The molecule has 2 aliphatic rings. The van der Waals surface area contributed by atoms with Crippen LogP contribution in [-0.4, -0.2) is 41.1 Å². The van der Waals surface area contributed by atoms with Crippen LogP contribution >= 0.6 is 0 Å². The molecule has 1 N–H and O–H groups in total. The largest absolute Gasteiger partial charge is 0.484 e. The number of carbonyl (C=O) groups is 2. The molecule has 0 radical (unpaired) electrons. The second-order valence-electron chi connectivity index (χ2n) is 6.50. The fourth-order valence-electron chi connectivity index (χ4n) is 3.87. The number of ether oxygens (including phenoxy) is 1. The summed E-state index contributed by atoms with van der Waals surface area (Å²) < 4.78 is 43.2. The van der Waals surface area contributed by atoms with Crippen molar-refractivity contribution in [3.8, 4) is 5.75 Å². The molecule has 1 amide bonds. The monoisotopic (exact) mass is 357 g/mol. The van der Waals surface area contributed by atoms with Crippen molar-refractivity contribution in [2.75, 3.05) is 13.2 Å². The number of amides is 1. The van der Waals surface area contributed by atoms with E-state index in [0.717, 1.165) is 31.4 Å². The van der Waals surface area contributed by atoms with Crippen LogP contribution in [0.15, 0.2) is 24.3 Å². The zero-order valence-corrected chi connectivity index (χ0v) is 13.3. The Hall–Kier alpha value is -2.25. The molecule has 1 heterocycles. The molecule has 3 rings (SSSR count). The molecule has 1 saturated carbocycles. The maximum absolute atomic E-state index is 12.7. The van der Waals surface area contributed by atoms with Gasteiger partial charge in [0.15, 0.2) is 6.61 Å². The molecule has 136 valence electrons. The van der Waals surface area contributed by atoms with Gasteiger partial charge in [0, 0.05) is 6.54 Å². The lowest BCUT2D eigenvalue weighted by Gasteiger charge is -2.24. The predicted molar refractivity (Wildman–Crippen MR) is 80.9 cm³/mol. The first-order valence-corrected chi connectivity index (χ1v) is 8.09. The second kappa shape index (κ2) is 6.57. The topological polar surface area (TPSA) is 66.8 Å². The van der Waals surface area contributed by atoms with E-state index in [1.54, 1.807) is 0 Å². The first-order chi connectivity index (χ1) is 11.8. The number of carbonyl (C=O) groups excluding carboxylic acids is 1. The molecular formula is C17H18F3NO4. The number of carboxylic acid groups (broad SMARTS) is 1. The van der Waals surface area contributed by atoms with E-state index in [1.807, 2.05) is 0 Å². The van der Waals surface area contributed by atoms with Crippen LogP contribution in [0.3, 0.4) is 0 Å². The lowest BCUT2D eigenvalue weighted by Crippen LogP contribution is -2.45. The highest BCUT2D eigenvalue weighted by atomic mass is 19.4. The van der Waals surface area contributed by atoms with Gasteiger partial charge >= 0.3 is 12.1 Å². The van der Waals surface area contributed by atoms with Gasteiger partial charge in [-0.2, -0.15) is 13.2 Å². The Morgan fingerprint density at radius 1 is 1.28 bits per heavy atom. The number of halogens is 3. The summed E-state index contributed by atoms with van der Waals surface area (Å²) >= 11 is 0. The number of benzene rings is 1. The summed E-state index contributed by atoms with van der Waals surface area (Å²) in [5.41, 5.74) is -0.864. The van der Waals surface area contributed by atoms with Gasteiger partial charge in [-0.3, -0.25) is 4.79 Å². The van der Waals surface area contributed by atoms with E-state index in [0.29, 0.717) is 6.54 Å². The summed E-state index contributed by atoms with van der Waals surface area (Å²) in [5, 5.41) is 9.43. The lowest BCUT2D eigenvalue weighted by molar-refractivity contribution is -0.150. The van der Waals surface area contributed by atoms with Gasteiger partial charge in [0.05, 0.1) is 5.56 Å². The Kier molecular flexibility index (Phi) is 4.62. The molecule has 2 fully saturated rings. The standard InChI is InChI=1S/C17H18F3NO4/c18-17(19,20)11-4-2-5-12(7-11)25-9-14(22)21-8-10-3-1-6-13(10)15(21)16(23)24/h2,4-5,7,10,13,15H,1,3,6,8-9H2,(H,23,24). The number of hydrogen-bond acceptors (Lipinski definition) is 3. The molecule has 0 bridgehead atoms. The molecule has 1 aromatic rings. The summed E-state index contributed by atoms with van der Waals surface area (Å²) in [6.07, 6.45) is -1.86. The van der Waals surface area contributed by atoms with Crippen molar-refractivity contribution in [2.24, 2.45) is 11.8 Å². The summed E-state index contributed by atoms with van der Waals surface area (Å²) in [6.45, 7) is -0.114. The fraction of sp³-hybridized carbons (Fsp3) is 0.529. The van der Waals surface area contributed by atoms with E-state index in [2.05, 4.69) is 0 Å². The predicted octanol–water partition coefficient (Wildman–Crippen LogP) is 2.80. The van der Waals surface area contributed by atoms with Gasteiger partial charge in [-0.25, -0.2) is 4.79 Å². The Labute approximate surface area is 142 Å². The smallest absolute Gasteiger partial charge is 0.416 e. The van der Waals surface area contributed by atoms with Gasteiger partial charge in [0.2, 0.25) is 0 Å². The minimum absolute atomic E-state index is 0.0463. The van der Waals surface area contributed by atoms with Crippen molar-refractivity contribution < 1.29 is 32.6 Å². The number of nitrogens with zero attached hydrogens (tertiary/aromatic N) is 1. The molecule has 1 aromatic carbocycles. The average molecular weight is 357 g/mol. The number of hydrogen-bond donors (Lipinski definition) is 1. The maximum atomic E-state index is 12.7. The molecule has 3 atom stereocenters. The third-order valence-electron chi connectivity index (χ3n) is 4.99. The normalized spacial score (nSPS) is 25.7. The molecule has 5 nitrogen and oxygen atoms in total. The average Bonchev–Trinajstić information content (AvgIpc) is 3.12. The zero-order chi connectivity index (χ0) is 18.2. The van der Waals surface area contributed by atoms with E-state index in [4.69, 9.17) is 4.74 Å². The van der Waals surface area contributed by atoms with E-state index in [9.17, 15) is 27.9 Å². The third kappa shape index (κ3) is 3.57. The van der Waals surface area contributed by atoms with Crippen LogP contribution in [0.5, 0.6) is 5.75 Å². The Morgan fingerprint density at radius 2 is 2.04 bits per heavy atom. The molecule has 8 heteroatoms. The molecule has 0 aromatic heterocycles. The van der Waals surface area contributed by atoms with Gasteiger partial charge in [0.1, 0.15) is 11.8 Å². The van der Waals surface area contributed by atoms with Crippen molar-refractivity contribution in [3.63, 3.8) is 0 Å². The van der Waals surface area contributed by atoms with Crippen LogP contribution in [-0.2, 0) is 15.8 Å². The number of fused-ring (bicyclic) bond motifs is 1. The van der Waals surface area contributed by atoms with Gasteiger partial charge < -0.3 is 14.7 Å². The van der Waals surface area contributed by atoms with Crippen LogP contribution in [0.1, 0.15) is 24.8 Å². The third-order valence-corrected chi connectivity index (χ3v) is 4.99. The molecule has 0 spiro atoms. The molecule has 1 aliphatic carbocycles. The highest BCUT2D eigenvalue weighted by molar-refractivity contribution is 5.85. The second-order valence-corrected chi connectivity index (χ2v) is 6.50. The first kappa shape index (κ1) is 17.6. The van der Waals surface area contributed by atoms with Crippen molar-refractivity contribution in [2.45, 2.75) is 31.5 Å². The van der Waals surface area contributed by atoms with E-state index >= 15 is 0 Å². The van der Waals surface area contributed by atoms with Crippen LogP contribution in [0, 0.1) is 11.8 Å². The summed E-state index contributed by atoms with van der Waals surface area (Å²) in [6, 6.07) is 3.39. The van der Waals surface area contributed by atoms with Crippen LogP contribution in [0.4, 0.5) is 13.2 Å². The number of aliphatic carboxylic acids is 1. The molecule has 1 aliphatic heterocycles. The van der Waals surface area contributed by atoms with Crippen molar-refractivity contribution in [1.82, 2.24) is 4.90 Å². The molecule has 3 unspecified atom stereocenters. The molecule has 25 heavy (non-hydrogen) atoms. The quantitative estimate of drug-likeness (QED) is 0.900. The SMILES string of the molecule is O=C(O)C1C2CCCC2CN1C(=O)COc1cccc(C(F)(F)F)c1. The van der Waals surface area contributed by atoms with Crippen molar-refractivity contribution >= 4 is 11.9 Å². The summed E-state index contributed by atoms with van der Waals surface area (Å²) in [7, 11) is 0. The van der Waals surface area contributed by atoms with Crippen LogP contribution in [0.25, 0.3) is 0 Å².